The van der Waals surface area contributed by atoms with E-state index in [2.05, 4.69) is 10.3 Å². The molecule has 2 aromatic rings. The Balaban J connectivity index is 2.06. The summed E-state index contributed by atoms with van der Waals surface area (Å²) in [7, 11) is 0. The van der Waals surface area contributed by atoms with Gasteiger partial charge in [0.25, 0.3) is 5.91 Å². The van der Waals surface area contributed by atoms with Crippen LogP contribution >= 0.6 is 11.6 Å². The van der Waals surface area contributed by atoms with Gasteiger partial charge in [-0.05, 0) is 18.2 Å². The predicted octanol–water partition coefficient (Wildman–Crippen LogP) is 2.80. The van der Waals surface area contributed by atoms with E-state index in [0.29, 0.717) is 5.56 Å². The zero-order valence-corrected chi connectivity index (χ0v) is 10.1. The smallest absolute Gasteiger partial charge is 0.254 e. The van der Waals surface area contributed by atoms with Crippen molar-refractivity contribution < 1.29 is 9.18 Å². The van der Waals surface area contributed by atoms with Crippen LogP contribution in [0.5, 0.6) is 0 Å². The summed E-state index contributed by atoms with van der Waals surface area (Å²) in [5, 5.41) is 2.72. The molecule has 0 aliphatic heterocycles. The van der Waals surface area contributed by atoms with Crippen molar-refractivity contribution >= 4 is 17.5 Å². The van der Waals surface area contributed by atoms with Gasteiger partial charge in [0.05, 0.1) is 5.56 Å². The molecular formula is C13H10ClFN2O. The Morgan fingerprint density at radius 2 is 2.06 bits per heavy atom. The highest BCUT2D eigenvalue weighted by Gasteiger charge is 2.10. The van der Waals surface area contributed by atoms with Crippen LogP contribution in [0, 0.1) is 5.82 Å². The monoisotopic (exact) mass is 264 g/mol. The standard InChI is InChI=1S/C13H10ClFN2O/c14-12-10(5-3-7-16-12)13(18)17-8-9-4-1-2-6-11(9)15/h1-7H,8H2,(H,17,18). The molecule has 1 aromatic carbocycles. The number of nitrogens with one attached hydrogen (secondary N) is 1. The number of carbonyl (C=O) groups excluding carboxylic acids is 1. The summed E-state index contributed by atoms with van der Waals surface area (Å²) < 4.78 is 13.3. The Morgan fingerprint density at radius 1 is 1.28 bits per heavy atom. The quantitative estimate of drug-likeness (QED) is 0.866. The topological polar surface area (TPSA) is 42.0 Å². The summed E-state index contributed by atoms with van der Waals surface area (Å²) in [6, 6.07) is 9.44. The molecule has 1 N–H and O–H groups in total. The summed E-state index contributed by atoms with van der Waals surface area (Å²) >= 11 is 5.79. The lowest BCUT2D eigenvalue weighted by Gasteiger charge is -2.06. The van der Waals surface area contributed by atoms with E-state index in [1.165, 1.54) is 12.3 Å². The van der Waals surface area contributed by atoms with E-state index in [4.69, 9.17) is 11.6 Å². The lowest BCUT2D eigenvalue weighted by molar-refractivity contribution is 0.0950. The van der Waals surface area contributed by atoms with Crippen LogP contribution in [0.1, 0.15) is 15.9 Å². The molecule has 5 heteroatoms. The van der Waals surface area contributed by atoms with Crippen molar-refractivity contribution in [2.24, 2.45) is 0 Å². The van der Waals surface area contributed by atoms with Crippen LogP contribution in [0.4, 0.5) is 4.39 Å². The normalized spacial score (nSPS) is 10.1. The number of rotatable bonds is 3. The van der Waals surface area contributed by atoms with Crippen LogP contribution in [0.3, 0.4) is 0 Å². The number of carbonyl (C=O) groups is 1. The first-order valence-electron chi connectivity index (χ1n) is 5.30. The number of halogens is 2. The Kier molecular flexibility index (Phi) is 3.89. The second-order valence-electron chi connectivity index (χ2n) is 3.62. The van der Waals surface area contributed by atoms with Gasteiger partial charge in [0.15, 0.2) is 0 Å². The van der Waals surface area contributed by atoms with E-state index in [9.17, 15) is 9.18 Å². The van der Waals surface area contributed by atoms with Gasteiger partial charge in [-0.1, -0.05) is 29.8 Å². The minimum Gasteiger partial charge on any atom is -0.348 e. The molecule has 0 radical (unpaired) electrons. The molecule has 1 aromatic heterocycles. The van der Waals surface area contributed by atoms with Crippen molar-refractivity contribution in [3.05, 3.63) is 64.7 Å². The number of hydrogen-bond donors (Lipinski definition) is 1. The van der Waals surface area contributed by atoms with Crippen LogP contribution in [-0.2, 0) is 6.54 Å². The van der Waals surface area contributed by atoms with E-state index >= 15 is 0 Å². The van der Waals surface area contributed by atoms with Crippen molar-refractivity contribution in [3.8, 4) is 0 Å². The Morgan fingerprint density at radius 3 is 2.78 bits per heavy atom. The number of benzene rings is 1. The lowest BCUT2D eigenvalue weighted by Crippen LogP contribution is -2.23. The molecule has 18 heavy (non-hydrogen) atoms. The fraction of sp³-hybridized carbons (Fsp3) is 0.0769. The summed E-state index contributed by atoms with van der Waals surface area (Å²) in [6.45, 7) is 0.108. The van der Waals surface area contributed by atoms with Gasteiger partial charge in [-0.3, -0.25) is 4.79 Å². The van der Waals surface area contributed by atoms with E-state index in [1.54, 1.807) is 30.3 Å². The van der Waals surface area contributed by atoms with Gasteiger partial charge in [0.2, 0.25) is 0 Å². The molecule has 0 unspecified atom stereocenters. The third-order valence-electron chi connectivity index (χ3n) is 2.40. The zero-order chi connectivity index (χ0) is 13.0. The number of amides is 1. The molecule has 0 saturated heterocycles. The molecule has 0 aliphatic rings. The van der Waals surface area contributed by atoms with E-state index in [-0.39, 0.29) is 29.0 Å². The molecule has 0 saturated carbocycles. The van der Waals surface area contributed by atoms with Crippen LogP contribution in [0.15, 0.2) is 42.6 Å². The summed E-state index contributed by atoms with van der Waals surface area (Å²) in [6.07, 6.45) is 1.50. The molecule has 0 spiro atoms. The number of hydrogen-bond acceptors (Lipinski definition) is 2. The molecule has 1 amide bonds. The first-order valence-corrected chi connectivity index (χ1v) is 5.68. The van der Waals surface area contributed by atoms with Gasteiger partial charge in [-0.2, -0.15) is 0 Å². The first-order chi connectivity index (χ1) is 8.68. The maximum Gasteiger partial charge on any atom is 0.254 e. The summed E-state index contributed by atoms with van der Waals surface area (Å²) in [5.41, 5.74) is 0.696. The molecule has 0 aliphatic carbocycles. The fourth-order valence-corrected chi connectivity index (χ4v) is 1.67. The average molecular weight is 265 g/mol. The first kappa shape index (κ1) is 12.5. The van der Waals surface area contributed by atoms with Crippen LogP contribution in [0.25, 0.3) is 0 Å². The molecular weight excluding hydrogens is 255 g/mol. The van der Waals surface area contributed by atoms with Gasteiger partial charge in [0, 0.05) is 18.3 Å². The summed E-state index contributed by atoms with van der Waals surface area (Å²) in [4.78, 5) is 15.6. The molecule has 3 nitrogen and oxygen atoms in total. The Labute approximate surface area is 109 Å². The third kappa shape index (κ3) is 2.84. The number of nitrogens with zero attached hydrogens (tertiary/aromatic N) is 1. The highest BCUT2D eigenvalue weighted by Crippen LogP contribution is 2.12. The number of aromatic nitrogens is 1. The van der Waals surface area contributed by atoms with Crippen LogP contribution in [0.2, 0.25) is 5.15 Å². The molecule has 0 atom stereocenters. The van der Waals surface area contributed by atoms with E-state index < -0.39 is 0 Å². The second kappa shape index (κ2) is 5.60. The third-order valence-corrected chi connectivity index (χ3v) is 2.70. The van der Waals surface area contributed by atoms with Crippen molar-refractivity contribution in [2.45, 2.75) is 6.54 Å². The minimum absolute atomic E-state index is 0.108. The molecule has 0 bridgehead atoms. The predicted molar refractivity (Wildman–Crippen MR) is 66.8 cm³/mol. The highest BCUT2D eigenvalue weighted by molar-refractivity contribution is 6.32. The highest BCUT2D eigenvalue weighted by atomic mass is 35.5. The summed E-state index contributed by atoms with van der Waals surface area (Å²) in [5.74, 6) is -0.730. The van der Waals surface area contributed by atoms with Crippen LogP contribution < -0.4 is 5.32 Å². The number of pyridine rings is 1. The van der Waals surface area contributed by atoms with Gasteiger partial charge in [-0.15, -0.1) is 0 Å². The van der Waals surface area contributed by atoms with E-state index in [0.717, 1.165) is 0 Å². The zero-order valence-electron chi connectivity index (χ0n) is 9.36. The van der Waals surface area contributed by atoms with E-state index in [1.807, 2.05) is 0 Å². The molecule has 92 valence electrons. The van der Waals surface area contributed by atoms with Gasteiger partial charge in [-0.25, -0.2) is 9.37 Å². The molecule has 1 heterocycles. The van der Waals surface area contributed by atoms with Crippen LogP contribution in [-0.4, -0.2) is 10.9 Å². The SMILES string of the molecule is O=C(NCc1ccccc1F)c1cccnc1Cl. The van der Waals surface area contributed by atoms with Crippen molar-refractivity contribution in [2.75, 3.05) is 0 Å². The largest absolute Gasteiger partial charge is 0.348 e. The van der Waals surface area contributed by atoms with Crippen molar-refractivity contribution in [1.29, 1.82) is 0 Å². The minimum atomic E-state index is -0.378. The average Bonchev–Trinajstić information content (AvgIpc) is 2.38. The Bertz CT molecular complexity index is 574. The molecule has 0 fully saturated rings. The van der Waals surface area contributed by atoms with Gasteiger partial charge in [0.1, 0.15) is 11.0 Å². The Hall–Kier alpha value is -1.94. The second-order valence-corrected chi connectivity index (χ2v) is 3.97. The van der Waals surface area contributed by atoms with Gasteiger partial charge >= 0.3 is 0 Å². The lowest BCUT2D eigenvalue weighted by atomic mass is 10.2. The molecule has 2 rings (SSSR count). The maximum atomic E-state index is 13.3. The van der Waals surface area contributed by atoms with Crippen molar-refractivity contribution in [1.82, 2.24) is 10.3 Å². The maximum absolute atomic E-state index is 13.3. The van der Waals surface area contributed by atoms with Gasteiger partial charge < -0.3 is 5.32 Å². The van der Waals surface area contributed by atoms with Crippen molar-refractivity contribution in [3.63, 3.8) is 0 Å². The fourth-order valence-electron chi connectivity index (χ4n) is 1.47.